The molecule has 1 saturated heterocycles. The lowest BCUT2D eigenvalue weighted by atomic mass is 9.87. The third kappa shape index (κ3) is 1.92. The maximum atomic E-state index is 12.5. The number of alkyl halides is 1. The molecule has 0 aromatic heterocycles. The van der Waals surface area contributed by atoms with Crippen molar-refractivity contribution in [3.8, 4) is 0 Å². The molecule has 2 atom stereocenters. The van der Waals surface area contributed by atoms with Gasteiger partial charge in [0.15, 0.2) is 0 Å². The van der Waals surface area contributed by atoms with Crippen LogP contribution in [0, 0.1) is 5.92 Å². The van der Waals surface area contributed by atoms with Crippen molar-refractivity contribution in [1.82, 2.24) is 4.90 Å². The molecule has 0 N–H and O–H groups in total. The highest BCUT2D eigenvalue weighted by Crippen LogP contribution is 2.49. The van der Waals surface area contributed by atoms with Gasteiger partial charge in [-0.1, -0.05) is 52.4 Å². The van der Waals surface area contributed by atoms with Crippen LogP contribution in [-0.2, 0) is 11.2 Å². The van der Waals surface area contributed by atoms with E-state index in [9.17, 15) is 4.79 Å². The number of nitrogens with zero attached hydrogens (tertiary/aromatic N) is 2. The number of amides is 1. The van der Waals surface area contributed by atoms with Crippen molar-refractivity contribution in [3.63, 3.8) is 0 Å². The minimum Gasteiger partial charge on any atom is -0.341 e. The van der Waals surface area contributed by atoms with Crippen LogP contribution in [0.1, 0.15) is 12.0 Å². The molecule has 0 spiro atoms. The molecule has 4 aliphatic rings. The number of fused-ring (bicyclic) bond motifs is 2. The summed E-state index contributed by atoms with van der Waals surface area (Å²) < 4.78 is 0. The summed E-state index contributed by atoms with van der Waals surface area (Å²) in [6.07, 6.45) is 8.81. The monoisotopic (exact) mass is 382 g/mol. The van der Waals surface area contributed by atoms with Gasteiger partial charge in [-0.25, -0.2) is 0 Å². The van der Waals surface area contributed by atoms with Gasteiger partial charge in [0.25, 0.3) is 0 Å². The second-order valence-electron chi connectivity index (χ2n) is 6.91. The smallest absolute Gasteiger partial charge is 0.233 e. The zero-order valence-electron chi connectivity index (χ0n) is 13.4. The van der Waals surface area contributed by atoms with E-state index in [-0.39, 0.29) is 11.9 Å². The van der Waals surface area contributed by atoms with Gasteiger partial charge in [-0.3, -0.25) is 4.79 Å². The van der Waals surface area contributed by atoms with E-state index in [2.05, 4.69) is 68.2 Å². The molecule has 0 saturated carbocycles. The molecule has 5 rings (SSSR count). The van der Waals surface area contributed by atoms with Gasteiger partial charge in [-0.05, 0) is 35.6 Å². The molecule has 2 heterocycles. The highest BCUT2D eigenvalue weighted by molar-refractivity contribution is 9.09. The molecular weight excluding hydrogens is 364 g/mol. The molecule has 2 aliphatic carbocycles. The van der Waals surface area contributed by atoms with Crippen LogP contribution in [0.5, 0.6) is 0 Å². The van der Waals surface area contributed by atoms with E-state index in [0.717, 1.165) is 25.9 Å². The van der Waals surface area contributed by atoms with Crippen LogP contribution >= 0.6 is 15.9 Å². The van der Waals surface area contributed by atoms with Crippen molar-refractivity contribution in [3.05, 3.63) is 64.9 Å². The Morgan fingerprint density at radius 3 is 3.00 bits per heavy atom. The lowest BCUT2D eigenvalue weighted by Crippen LogP contribution is -2.53. The predicted octanol–water partition coefficient (Wildman–Crippen LogP) is 3.43. The van der Waals surface area contributed by atoms with Crippen molar-refractivity contribution in [1.29, 1.82) is 0 Å². The largest absolute Gasteiger partial charge is 0.341 e. The van der Waals surface area contributed by atoms with Gasteiger partial charge in [0, 0.05) is 30.4 Å². The summed E-state index contributed by atoms with van der Waals surface area (Å²) in [6, 6.07) is 8.95. The first-order valence-electron chi connectivity index (χ1n) is 8.60. The summed E-state index contributed by atoms with van der Waals surface area (Å²) in [4.78, 5) is 17.0. The average molecular weight is 383 g/mol. The molecule has 0 bridgehead atoms. The zero-order chi connectivity index (χ0) is 16.3. The second-order valence-corrected chi connectivity index (χ2v) is 7.47. The third-order valence-electron chi connectivity index (χ3n) is 5.76. The van der Waals surface area contributed by atoms with Crippen molar-refractivity contribution >= 4 is 27.5 Å². The number of carbonyl (C=O) groups excluding carboxylic acids is 1. The van der Waals surface area contributed by atoms with Gasteiger partial charge >= 0.3 is 0 Å². The van der Waals surface area contributed by atoms with E-state index in [0.29, 0.717) is 11.2 Å². The number of rotatable bonds is 1. The maximum Gasteiger partial charge on any atom is 0.233 e. The molecule has 1 fully saturated rings. The van der Waals surface area contributed by atoms with Crippen LogP contribution in [0.2, 0.25) is 0 Å². The lowest BCUT2D eigenvalue weighted by molar-refractivity contribution is -0.130. The predicted molar refractivity (Wildman–Crippen MR) is 99.1 cm³/mol. The molecule has 0 radical (unpaired) electrons. The molecule has 2 aliphatic heterocycles. The second kappa shape index (κ2) is 5.35. The van der Waals surface area contributed by atoms with Crippen LogP contribution in [0.4, 0.5) is 5.69 Å². The van der Waals surface area contributed by atoms with Crippen LogP contribution < -0.4 is 4.90 Å². The lowest BCUT2D eigenvalue weighted by Gasteiger charge is -2.43. The fourth-order valence-corrected chi connectivity index (χ4v) is 5.13. The van der Waals surface area contributed by atoms with Crippen molar-refractivity contribution in [2.75, 3.05) is 23.3 Å². The van der Waals surface area contributed by atoms with E-state index < -0.39 is 0 Å². The summed E-state index contributed by atoms with van der Waals surface area (Å²) in [5, 5.41) is 0.409. The Morgan fingerprint density at radius 2 is 2.12 bits per heavy atom. The molecule has 4 heteroatoms. The van der Waals surface area contributed by atoms with Gasteiger partial charge in [0.05, 0.1) is 11.4 Å². The maximum absolute atomic E-state index is 12.5. The van der Waals surface area contributed by atoms with Crippen LogP contribution in [0.3, 0.4) is 0 Å². The zero-order valence-corrected chi connectivity index (χ0v) is 15.0. The van der Waals surface area contributed by atoms with Gasteiger partial charge in [0.2, 0.25) is 5.91 Å². The number of anilines is 1. The molecule has 1 aromatic carbocycles. The van der Waals surface area contributed by atoms with Gasteiger partial charge < -0.3 is 9.80 Å². The minimum absolute atomic E-state index is 0.207. The normalized spacial score (nSPS) is 26.8. The Morgan fingerprint density at radius 1 is 1.25 bits per heavy atom. The number of hydrogen-bond acceptors (Lipinski definition) is 2. The van der Waals surface area contributed by atoms with Gasteiger partial charge in [-0.2, -0.15) is 0 Å². The molecule has 24 heavy (non-hydrogen) atoms. The highest BCUT2D eigenvalue weighted by Gasteiger charge is 2.46. The Labute approximate surface area is 150 Å². The van der Waals surface area contributed by atoms with E-state index in [4.69, 9.17) is 0 Å². The SMILES string of the molecule is O=C(CBr)N1CCN2C3=C4C(=CC=C[C@@H]4C[C@H]31)Cc1ccccc12. The fraction of sp³-hybridized carbons (Fsp3) is 0.350. The summed E-state index contributed by atoms with van der Waals surface area (Å²) in [5.74, 6) is 0.656. The quantitative estimate of drug-likeness (QED) is 0.694. The topological polar surface area (TPSA) is 23.6 Å². The number of carbonyl (C=O) groups is 1. The van der Waals surface area contributed by atoms with Crippen LogP contribution in [-0.4, -0.2) is 35.3 Å². The Bertz CT molecular complexity index is 823. The fourth-order valence-electron chi connectivity index (χ4n) is 4.81. The van der Waals surface area contributed by atoms with E-state index in [1.165, 1.54) is 28.1 Å². The number of allylic oxidation sites excluding steroid dienone is 5. The van der Waals surface area contributed by atoms with E-state index >= 15 is 0 Å². The number of halogens is 1. The molecule has 1 aromatic rings. The standard InChI is InChI=1S/C20H19BrN2O/c21-12-18(24)22-8-9-23-16-7-2-1-4-13(16)10-14-5-3-6-15-11-17(22)20(23)19(14)15/h1-7,15,17H,8-12H2/t15-,17-/m1/s1. The number of para-hydroxylation sites is 1. The van der Waals surface area contributed by atoms with Gasteiger partial charge in [0.1, 0.15) is 0 Å². The molecule has 1 amide bonds. The number of hydrogen-bond donors (Lipinski definition) is 0. The van der Waals surface area contributed by atoms with Crippen molar-refractivity contribution in [2.24, 2.45) is 5.92 Å². The number of benzene rings is 1. The summed E-state index contributed by atoms with van der Waals surface area (Å²) in [5.41, 5.74) is 7.01. The Kier molecular flexibility index (Phi) is 3.24. The molecule has 3 nitrogen and oxygen atoms in total. The molecule has 122 valence electrons. The highest BCUT2D eigenvalue weighted by atomic mass is 79.9. The average Bonchev–Trinajstić information content (AvgIpc) is 2.94. The molecular formula is C20H19BrN2O. The van der Waals surface area contributed by atoms with Crippen molar-refractivity contribution in [2.45, 2.75) is 18.9 Å². The van der Waals surface area contributed by atoms with Gasteiger partial charge in [-0.15, -0.1) is 0 Å². The molecule has 0 unspecified atom stereocenters. The first-order valence-corrected chi connectivity index (χ1v) is 9.72. The first kappa shape index (κ1) is 14.5. The van der Waals surface area contributed by atoms with Crippen molar-refractivity contribution < 1.29 is 4.79 Å². The summed E-state index contributed by atoms with van der Waals surface area (Å²) in [7, 11) is 0. The van der Waals surface area contributed by atoms with Crippen LogP contribution in [0.15, 0.2) is 59.3 Å². The van der Waals surface area contributed by atoms with Crippen LogP contribution in [0.25, 0.3) is 0 Å². The van der Waals surface area contributed by atoms with E-state index in [1.807, 2.05) is 0 Å². The van der Waals surface area contributed by atoms with E-state index in [1.54, 1.807) is 0 Å². The summed E-state index contributed by atoms with van der Waals surface area (Å²) in [6.45, 7) is 1.69. The Balaban J connectivity index is 1.71. The minimum atomic E-state index is 0.207. The summed E-state index contributed by atoms with van der Waals surface area (Å²) >= 11 is 3.36. The number of piperazine rings is 1. The first-order chi connectivity index (χ1) is 11.8. The third-order valence-corrected chi connectivity index (χ3v) is 6.24. The Hall–Kier alpha value is -1.81.